The first-order valence-corrected chi connectivity index (χ1v) is 7.88. The van der Waals surface area contributed by atoms with E-state index in [1.54, 1.807) is 11.8 Å². The number of hydrogen-bond acceptors (Lipinski definition) is 4. The molecule has 1 aliphatic heterocycles. The molecule has 5 heteroatoms. The normalized spacial score (nSPS) is 16.3. The molecular weight excluding hydrogens is 258 g/mol. The van der Waals surface area contributed by atoms with Crippen LogP contribution in [0.2, 0.25) is 0 Å². The summed E-state index contributed by atoms with van der Waals surface area (Å²) < 4.78 is 0. The third-order valence-corrected chi connectivity index (χ3v) is 4.07. The number of nitrogens with one attached hydrogen (secondary N) is 2. The molecule has 0 aliphatic carbocycles. The second-order valence-corrected chi connectivity index (χ2v) is 5.40. The molecule has 0 aromatic heterocycles. The van der Waals surface area contributed by atoms with Crippen LogP contribution in [0.1, 0.15) is 10.4 Å². The van der Waals surface area contributed by atoms with Gasteiger partial charge in [-0.25, -0.2) is 0 Å². The molecular formula is C14H21N3OS. The Bertz CT molecular complexity index is 419. The summed E-state index contributed by atoms with van der Waals surface area (Å²) in [5, 5.41) is 6.33. The van der Waals surface area contributed by atoms with E-state index in [0.717, 1.165) is 43.2 Å². The lowest BCUT2D eigenvalue weighted by atomic mass is 10.2. The van der Waals surface area contributed by atoms with Crippen molar-refractivity contribution in [2.24, 2.45) is 0 Å². The molecule has 1 aromatic carbocycles. The quantitative estimate of drug-likeness (QED) is 0.791. The molecule has 0 bridgehead atoms. The van der Waals surface area contributed by atoms with Crippen LogP contribution in [0.25, 0.3) is 0 Å². The predicted molar refractivity (Wildman–Crippen MR) is 79.9 cm³/mol. The molecule has 0 unspecified atom stereocenters. The number of nitrogens with zero attached hydrogens (tertiary/aromatic N) is 1. The van der Waals surface area contributed by atoms with Crippen LogP contribution in [-0.2, 0) is 0 Å². The number of amides is 1. The van der Waals surface area contributed by atoms with Gasteiger partial charge in [0.15, 0.2) is 0 Å². The average Bonchev–Trinajstić information content (AvgIpc) is 2.48. The molecule has 19 heavy (non-hydrogen) atoms. The maximum Gasteiger partial charge on any atom is 0.252 e. The molecule has 2 N–H and O–H groups in total. The van der Waals surface area contributed by atoms with Gasteiger partial charge < -0.3 is 10.6 Å². The highest BCUT2D eigenvalue weighted by Gasteiger charge is 2.12. The maximum absolute atomic E-state index is 12.1. The van der Waals surface area contributed by atoms with Crippen molar-refractivity contribution in [3.63, 3.8) is 0 Å². The minimum Gasteiger partial charge on any atom is -0.351 e. The first-order valence-electron chi connectivity index (χ1n) is 6.65. The summed E-state index contributed by atoms with van der Waals surface area (Å²) >= 11 is 1.61. The van der Waals surface area contributed by atoms with Crippen LogP contribution >= 0.6 is 11.8 Å². The van der Waals surface area contributed by atoms with Gasteiger partial charge in [0, 0.05) is 44.2 Å². The van der Waals surface area contributed by atoms with E-state index in [0.29, 0.717) is 6.54 Å². The Morgan fingerprint density at radius 1 is 1.37 bits per heavy atom. The Morgan fingerprint density at radius 2 is 2.11 bits per heavy atom. The second kappa shape index (κ2) is 7.53. The minimum absolute atomic E-state index is 0.0279. The van der Waals surface area contributed by atoms with E-state index in [1.165, 1.54) is 0 Å². The molecule has 0 atom stereocenters. The summed E-state index contributed by atoms with van der Waals surface area (Å²) in [5.41, 5.74) is 0.773. The van der Waals surface area contributed by atoms with Crippen molar-refractivity contribution in [3.05, 3.63) is 29.8 Å². The SMILES string of the molecule is CSc1ccccc1C(=O)NCCN1CCNCC1. The zero-order chi connectivity index (χ0) is 13.5. The highest BCUT2D eigenvalue weighted by Crippen LogP contribution is 2.19. The van der Waals surface area contributed by atoms with Gasteiger partial charge in [-0.2, -0.15) is 0 Å². The fourth-order valence-corrected chi connectivity index (χ4v) is 2.79. The summed E-state index contributed by atoms with van der Waals surface area (Å²) in [7, 11) is 0. The zero-order valence-electron chi connectivity index (χ0n) is 11.3. The molecule has 0 spiro atoms. The lowest BCUT2D eigenvalue weighted by Crippen LogP contribution is -2.46. The van der Waals surface area contributed by atoms with Crippen LogP contribution < -0.4 is 10.6 Å². The van der Waals surface area contributed by atoms with Gasteiger partial charge in [0.25, 0.3) is 5.91 Å². The Labute approximate surface area is 118 Å². The second-order valence-electron chi connectivity index (χ2n) is 4.55. The van der Waals surface area contributed by atoms with Gasteiger partial charge in [-0.1, -0.05) is 12.1 Å². The summed E-state index contributed by atoms with van der Waals surface area (Å²) in [4.78, 5) is 15.5. The van der Waals surface area contributed by atoms with Crippen LogP contribution in [0.3, 0.4) is 0 Å². The fraction of sp³-hybridized carbons (Fsp3) is 0.500. The fourth-order valence-electron chi connectivity index (χ4n) is 2.19. The molecule has 1 aliphatic rings. The van der Waals surface area contributed by atoms with Gasteiger partial charge in [-0.3, -0.25) is 9.69 Å². The van der Waals surface area contributed by atoms with E-state index in [9.17, 15) is 4.79 Å². The minimum atomic E-state index is 0.0279. The van der Waals surface area contributed by atoms with E-state index in [1.807, 2.05) is 30.5 Å². The lowest BCUT2D eigenvalue weighted by Gasteiger charge is -2.27. The van der Waals surface area contributed by atoms with E-state index < -0.39 is 0 Å². The van der Waals surface area contributed by atoms with E-state index in [-0.39, 0.29) is 5.91 Å². The van der Waals surface area contributed by atoms with Gasteiger partial charge in [0.05, 0.1) is 5.56 Å². The molecule has 0 radical (unpaired) electrons. The Balaban J connectivity index is 1.80. The number of piperazine rings is 1. The summed E-state index contributed by atoms with van der Waals surface area (Å²) in [6.45, 7) is 5.86. The molecule has 1 heterocycles. The van der Waals surface area contributed by atoms with Gasteiger partial charge in [0.1, 0.15) is 0 Å². The smallest absolute Gasteiger partial charge is 0.252 e. The molecule has 1 amide bonds. The molecule has 104 valence electrons. The molecule has 1 fully saturated rings. The van der Waals surface area contributed by atoms with Crippen molar-refractivity contribution in [1.29, 1.82) is 0 Å². The topological polar surface area (TPSA) is 44.4 Å². The first-order chi connectivity index (χ1) is 9.31. The zero-order valence-corrected chi connectivity index (χ0v) is 12.1. The first kappa shape index (κ1) is 14.4. The summed E-state index contributed by atoms with van der Waals surface area (Å²) in [5.74, 6) is 0.0279. The van der Waals surface area contributed by atoms with E-state index in [2.05, 4.69) is 15.5 Å². The molecule has 1 saturated heterocycles. The van der Waals surface area contributed by atoms with Crippen LogP contribution in [0.5, 0.6) is 0 Å². The van der Waals surface area contributed by atoms with E-state index in [4.69, 9.17) is 0 Å². The van der Waals surface area contributed by atoms with Gasteiger partial charge in [-0.05, 0) is 18.4 Å². The Kier molecular flexibility index (Phi) is 5.69. The maximum atomic E-state index is 12.1. The predicted octanol–water partition coefficient (Wildman–Crippen LogP) is 1.04. The largest absolute Gasteiger partial charge is 0.351 e. The van der Waals surface area contributed by atoms with Crippen molar-refractivity contribution < 1.29 is 4.79 Å². The van der Waals surface area contributed by atoms with Crippen molar-refractivity contribution in [1.82, 2.24) is 15.5 Å². The lowest BCUT2D eigenvalue weighted by molar-refractivity contribution is 0.0944. The average molecular weight is 279 g/mol. The summed E-state index contributed by atoms with van der Waals surface area (Å²) in [6.07, 6.45) is 1.99. The number of carbonyl (C=O) groups is 1. The van der Waals surface area contributed by atoms with Crippen LogP contribution in [0.4, 0.5) is 0 Å². The monoisotopic (exact) mass is 279 g/mol. The number of carbonyl (C=O) groups excluding carboxylic acids is 1. The highest BCUT2D eigenvalue weighted by atomic mass is 32.2. The molecule has 4 nitrogen and oxygen atoms in total. The van der Waals surface area contributed by atoms with Gasteiger partial charge in [0.2, 0.25) is 0 Å². The number of rotatable bonds is 5. The molecule has 0 saturated carbocycles. The van der Waals surface area contributed by atoms with Crippen molar-refractivity contribution in [2.45, 2.75) is 4.90 Å². The number of benzene rings is 1. The molecule has 1 aromatic rings. The van der Waals surface area contributed by atoms with Gasteiger partial charge >= 0.3 is 0 Å². The third kappa shape index (κ3) is 4.23. The molecule has 2 rings (SSSR count). The van der Waals surface area contributed by atoms with E-state index >= 15 is 0 Å². The number of hydrogen-bond donors (Lipinski definition) is 2. The Hall–Kier alpha value is -1.04. The summed E-state index contributed by atoms with van der Waals surface area (Å²) in [6, 6.07) is 7.73. The van der Waals surface area contributed by atoms with Crippen LogP contribution in [0.15, 0.2) is 29.2 Å². The van der Waals surface area contributed by atoms with Gasteiger partial charge in [-0.15, -0.1) is 11.8 Å². The highest BCUT2D eigenvalue weighted by molar-refractivity contribution is 7.98. The van der Waals surface area contributed by atoms with Crippen LogP contribution in [-0.4, -0.2) is 56.3 Å². The number of thioether (sulfide) groups is 1. The van der Waals surface area contributed by atoms with Crippen molar-refractivity contribution in [3.8, 4) is 0 Å². The van der Waals surface area contributed by atoms with Crippen molar-refractivity contribution in [2.75, 3.05) is 45.5 Å². The third-order valence-electron chi connectivity index (χ3n) is 3.27. The van der Waals surface area contributed by atoms with Crippen LogP contribution in [0, 0.1) is 0 Å². The standard InChI is InChI=1S/C14H21N3OS/c1-19-13-5-3-2-4-12(13)14(18)16-8-11-17-9-6-15-7-10-17/h2-5,15H,6-11H2,1H3,(H,16,18). The van der Waals surface area contributed by atoms with Crippen molar-refractivity contribution >= 4 is 17.7 Å². The Morgan fingerprint density at radius 3 is 2.84 bits per heavy atom.